The first-order chi connectivity index (χ1) is 10.9. The topological polar surface area (TPSA) is 46.4 Å². The number of carbonyl (C=O) groups is 1. The van der Waals surface area contributed by atoms with Crippen molar-refractivity contribution in [3.05, 3.63) is 63.5 Å². The van der Waals surface area contributed by atoms with Gasteiger partial charge in [-0.2, -0.15) is 0 Å². The highest BCUT2D eigenvalue weighted by molar-refractivity contribution is 9.10. The van der Waals surface area contributed by atoms with Crippen LogP contribution in [-0.2, 0) is 0 Å². The minimum absolute atomic E-state index is 0.176. The average Bonchev–Trinajstić information content (AvgIpc) is 2.79. The SMILES string of the molecule is Cc1cc(Br)c2nc(C)c(C(=O)Nc3ccc(F)c(F)c3)n2c1. The summed E-state index contributed by atoms with van der Waals surface area (Å²) in [5.41, 5.74) is 2.62. The molecule has 7 heteroatoms. The molecule has 0 saturated carbocycles. The molecular formula is C16H12BrF2N3O. The van der Waals surface area contributed by atoms with Crippen molar-refractivity contribution in [3.8, 4) is 0 Å². The molecule has 0 fully saturated rings. The number of amides is 1. The van der Waals surface area contributed by atoms with Crippen molar-refractivity contribution < 1.29 is 13.6 Å². The first-order valence-electron chi connectivity index (χ1n) is 6.78. The zero-order chi connectivity index (χ0) is 16.7. The Kier molecular flexibility index (Phi) is 3.89. The molecule has 0 bridgehead atoms. The zero-order valence-corrected chi connectivity index (χ0v) is 13.9. The van der Waals surface area contributed by atoms with Crippen molar-refractivity contribution in [3.63, 3.8) is 0 Å². The van der Waals surface area contributed by atoms with E-state index in [-0.39, 0.29) is 5.69 Å². The molecule has 0 saturated heterocycles. The van der Waals surface area contributed by atoms with Gasteiger partial charge in [-0.1, -0.05) is 0 Å². The van der Waals surface area contributed by atoms with E-state index in [1.165, 1.54) is 6.07 Å². The summed E-state index contributed by atoms with van der Waals surface area (Å²) in [6.45, 7) is 3.62. The lowest BCUT2D eigenvalue weighted by Crippen LogP contribution is -2.16. The minimum Gasteiger partial charge on any atom is -0.321 e. The number of aromatic nitrogens is 2. The predicted molar refractivity (Wildman–Crippen MR) is 86.7 cm³/mol. The Balaban J connectivity index is 2.04. The number of nitrogens with zero attached hydrogens (tertiary/aromatic N) is 2. The van der Waals surface area contributed by atoms with E-state index in [1.54, 1.807) is 17.5 Å². The second-order valence-corrected chi connectivity index (χ2v) is 6.04. The van der Waals surface area contributed by atoms with Crippen LogP contribution < -0.4 is 5.32 Å². The molecule has 3 aromatic rings. The van der Waals surface area contributed by atoms with E-state index in [0.717, 1.165) is 22.2 Å². The maximum atomic E-state index is 13.3. The molecule has 0 unspecified atom stereocenters. The Morgan fingerprint density at radius 2 is 1.96 bits per heavy atom. The molecule has 3 rings (SSSR count). The van der Waals surface area contributed by atoms with Crippen molar-refractivity contribution in [1.29, 1.82) is 0 Å². The van der Waals surface area contributed by atoms with Crippen LogP contribution in [0.3, 0.4) is 0 Å². The number of rotatable bonds is 2. The molecule has 0 radical (unpaired) electrons. The number of carbonyl (C=O) groups excluding carboxylic acids is 1. The number of pyridine rings is 1. The zero-order valence-electron chi connectivity index (χ0n) is 12.3. The first kappa shape index (κ1) is 15.6. The fourth-order valence-electron chi connectivity index (χ4n) is 2.38. The van der Waals surface area contributed by atoms with Crippen LogP contribution in [0, 0.1) is 25.5 Å². The standard InChI is InChI=1S/C16H12BrF2N3O/c1-8-5-11(17)15-20-9(2)14(22(15)7-8)16(23)21-10-3-4-12(18)13(19)6-10/h3-7H,1-2H3,(H,21,23). The molecule has 0 spiro atoms. The fraction of sp³-hybridized carbons (Fsp3) is 0.125. The number of aryl methyl sites for hydroxylation is 2. The van der Waals surface area contributed by atoms with Gasteiger partial charge in [0.2, 0.25) is 0 Å². The Morgan fingerprint density at radius 1 is 1.22 bits per heavy atom. The number of benzene rings is 1. The second-order valence-electron chi connectivity index (χ2n) is 5.19. The summed E-state index contributed by atoms with van der Waals surface area (Å²) in [7, 11) is 0. The normalized spacial score (nSPS) is 11.0. The van der Waals surface area contributed by atoms with Crippen LogP contribution >= 0.6 is 15.9 Å². The molecular weight excluding hydrogens is 368 g/mol. The summed E-state index contributed by atoms with van der Waals surface area (Å²) < 4.78 is 28.7. The Bertz CT molecular complexity index is 937. The molecule has 0 aliphatic heterocycles. The van der Waals surface area contributed by atoms with Crippen LogP contribution in [0.4, 0.5) is 14.5 Å². The average molecular weight is 380 g/mol. The number of halogens is 3. The van der Waals surface area contributed by atoms with Crippen LogP contribution in [0.25, 0.3) is 5.65 Å². The molecule has 118 valence electrons. The molecule has 23 heavy (non-hydrogen) atoms. The van der Waals surface area contributed by atoms with Gasteiger partial charge in [0.15, 0.2) is 17.3 Å². The third-order valence-electron chi connectivity index (χ3n) is 3.38. The van der Waals surface area contributed by atoms with Gasteiger partial charge in [0.1, 0.15) is 5.69 Å². The van der Waals surface area contributed by atoms with Crippen molar-refractivity contribution in [2.75, 3.05) is 5.32 Å². The maximum absolute atomic E-state index is 13.3. The lowest BCUT2D eigenvalue weighted by Gasteiger charge is -2.07. The Morgan fingerprint density at radius 3 is 2.65 bits per heavy atom. The van der Waals surface area contributed by atoms with Crippen LogP contribution in [0.2, 0.25) is 0 Å². The van der Waals surface area contributed by atoms with Gasteiger partial charge in [0.05, 0.1) is 10.2 Å². The van der Waals surface area contributed by atoms with Crippen molar-refractivity contribution in [2.45, 2.75) is 13.8 Å². The molecule has 0 aliphatic carbocycles. The summed E-state index contributed by atoms with van der Waals surface area (Å²) in [5.74, 6) is -2.43. The van der Waals surface area contributed by atoms with Gasteiger partial charge in [-0.05, 0) is 53.5 Å². The highest BCUT2D eigenvalue weighted by Crippen LogP contribution is 2.23. The molecule has 0 atom stereocenters. The number of fused-ring (bicyclic) bond motifs is 1. The van der Waals surface area contributed by atoms with Crippen LogP contribution in [-0.4, -0.2) is 15.3 Å². The van der Waals surface area contributed by atoms with Crippen LogP contribution in [0.1, 0.15) is 21.7 Å². The van der Waals surface area contributed by atoms with Crippen molar-refractivity contribution >= 4 is 33.2 Å². The number of nitrogens with one attached hydrogen (secondary N) is 1. The summed E-state index contributed by atoms with van der Waals surface area (Å²) in [6, 6.07) is 5.11. The Labute approximate surface area is 139 Å². The van der Waals surface area contributed by atoms with Crippen molar-refractivity contribution in [1.82, 2.24) is 9.38 Å². The van der Waals surface area contributed by atoms with Gasteiger partial charge in [-0.3, -0.25) is 9.20 Å². The van der Waals surface area contributed by atoms with Crippen LogP contribution in [0.5, 0.6) is 0 Å². The van der Waals surface area contributed by atoms with Gasteiger partial charge < -0.3 is 5.32 Å². The number of hydrogen-bond donors (Lipinski definition) is 1. The summed E-state index contributed by atoms with van der Waals surface area (Å²) in [4.78, 5) is 16.9. The molecule has 1 amide bonds. The number of hydrogen-bond acceptors (Lipinski definition) is 2. The summed E-state index contributed by atoms with van der Waals surface area (Å²) >= 11 is 3.42. The fourth-order valence-corrected chi connectivity index (χ4v) is 3.02. The van der Waals surface area contributed by atoms with Crippen molar-refractivity contribution in [2.24, 2.45) is 0 Å². The monoisotopic (exact) mass is 379 g/mol. The minimum atomic E-state index is -1.02. The van der Waals surface area contributed by atoms with E-state index >= 15 is 0 Å². The third kappa shape index (κ3) is 2.84. The van der Waals surface area contributed by atoms with Gasteiger partial charge in [-0.15, -0.1) is 0 Å². The molecule has 2 aromatic heterocycles. The van der Waals surface area contributed by atoms with E-state index in [9.17, 15) is 13.6 Å². The first-order valence-corrected chi connectivity index (χ1v) is 7.57. The molecule has 4 nitrogen and oxygen atoms in total. The lowest BCUT2D eigenvalue weighted by molar-refractivity contribution is 0.102. The maximum Gasteiger partial charge on any atom is 0.274 e. The highest BCUT2D eigenvalue weighted by Gasteiger charge is 2.19. The molecule has 1 aromatic carbocycles. The smallest absolute Gasteiger partial charge is 0.274 e. The van der Waals surface area contributed by atoms with E-state index in [0.29, 0.717) is 17.0 Å². The molecule has 0 aliphatic rings. The Hall–Kier alpha value is -2.28. The van der Waals surface area contributed by atoms with Crippen LogP contribution in [0.15, 0.2) is 34.9 Å². The van der Waals surface area contributed by atoms with Gasteiger partial charge in [-0.25, -0.2) is 13.8 Å². The lowest BCUT2D eigenvalue weighted by atomic mass is 10.2. The third-order valence-corrected chi connectivity index (χ3v) is 3.96. The highest BCUT2D eigenvalue weighted by atomic mass is 79.9. The largest absolute Gasteiger partial charge is 0.321 e. The van der Waals surface area contributed by atoms with E-state index < -0.39 is 17.5 Å². The summed E-state index contributed by atoms with van der Waals surface area (Å²) in [5, 5.41) is 2.56. The predicted octanol–water partition coefficient (Wildman–Crippen LogP) is 4.24. The second kappa shape index (κ2) is 5.73. The number of anilines is 1. The molecule has 2 heterocycles. The van der Waals surface area contributed by atoms with E-state index in [2.05, 4.69) is 26.2 Å². The number of imidazole rings is 1. The van der Waals surface area contributed by atoms with E-state index in [1.807, 2.05) is 13.0 Å². The quantitative estimate of drug-likeness (QED) is 0.723. The summed E-state index contributed by atoms with van der Waals surface area (Å²) in [6.07, 6.45) is 1.79. The van der Waals surface area contributed by atoms with Gasteiger partial charge in [0.25, 0.3) is 5.91 Å². The van der Waals surface area contributed by atoms with E-state index in [4.69, 9.17) is 0 Å². The van der Waals surface area contributed by atoms with Gasteiger partial charge >= 0.3 is 0 Å². The molecule has 1 N–H and O–H groups in total. The van der Waals surface area contributed by atoms with Gasteiger partial charge in [0, 0.05) is 18.0 Å².